The van der Waals surface area contributed by atoms with Gasteiger partial charge in [-0.25, -0.2) is 13.6 Å². The van der Waals surface area contributed by atoms with Crippen LogP contribution >= 0.6 is 23.2 Å². The fourth-order valence-electron chi connectivity index (χ4n) is 1.47. The van der Waals surface area contributed by atoms with E-state index in [4.69, 9.17) is 28.3 Å². The van der Waals surface area contributed by atoms with E-state index >= 15 is 0 Å². The fourth-order valence-corrected chi connectivity index (χ4v) is 2.95. The molecule has 0 fully saturated rings. The van der Waals surface area contributed by atoms with Crippen molar-refractivity contribution in [2.45, 2.75) is 24.4 Å². The molecule has 0 aromatic heterocycles. The molecule has 21 heavy (non-hydrogen) atoms. The van der Waals surface area contributed by atoms with Crippen LogP contribution in [0.15, 0.2) is 11.0 Å². The molecule has 118 valence electrons. The molecular formula is C10H9Cl2F3N2O3S. The number of carbonyl (C=O) groups excluding carboxylic acids is 1. The van der Waals surface area contributed by atoms with E-state index in [9.17, 15) is 26.4 Å². The Morgan fingerprint density at radius 3 is 2.33 bits per heavy atom. The monoisotopic (exact) mass is 364 g/mol. The third kappa shape index (κ3) is 4.73. The largest absolute Gasteiger partial charge is 0.397 e. The highest BCUT2D eigenvalue weighted by molar-refractivity contribution is 7.89. The van der Waals surface area contributed by atoms with Gasteiger partial charge in [0.05, 0.1) is 20.6 Å². The molecule has 0 aliphatic rings. The average molecular weight is 365 g/mol. The van der Waals surface area contributed by atoms with Crippen LogP contribution < -0.4 is 10.5 Å². The van der Waals surface area contributed by atoms with E-state index in [0.29, 0.717) is 0 Å². The second-order valence-corrected chi connectivity index (χ2v) is 6.37. The lowest BCUT2D eigenvalue weighted by molar-refractivity contribution is -0.150. The molecule has 11 heteroatoms. The molecule has 0 unspecified atom stereocenters. The summed E-state index contributed by atoms with van der Waals surface area (Å²) < 4.78 is 58.9. The molecule has 0 bridgehead atoms. The first kappa shape index (κ1) is 18.0. The van der Waals surface area contributed by atoms with E-state index in [1.165, 1.54) is 6.92 Å². The molecule has 0 aliphatic heterocycles. The number of nitrogens with one attached hydrogen (secondary N) is 1. The van der Waals surface area contributed by atoms with Crippen molar-refractivity contribution in [3.05, 3.63) is 21.7 Å². The van der Waals surface area contributed by atoms with Crippen molar-refractivity contribution < 1.29 is 26.4 Å². The highest BCUT2D eigenvalue weighted by Crippen LogP contribution is 2.37. The normalized spacial score (nSPS) is 12.3. The molecule has 0 atom stereocenters. The van der Waals surface area contributed by atoms with Crippen molar-refractivity contribution in [2.75, 3.05) is 5.32 Å². The van der Waals surface area contributed by atoms with Gasteiger partial charge in [0.2, 0.25) is 15.9 Å². The molecular weight excluding hydrogens is 356 g/mol. The van der Waals surface area contributed by atoms with Gasteiger partial charge in [-0.05, 0) is 18.6 Å². The first-order chi connectivity index (χ1) is 9.33. The number of carbonyl (C=O) groups is 1. The molecule has 3 N–H and O–H groups in total. The van der Waals surface area contributed by atoms with Crippen LogP contribution in [-0.2, 0) is 14.8 Å². The van der Waals surface area contributed by atoms with Crippen LogP contribution in [0, 0.1) is 6.92 Å². The summed E-state index contributed by atoms with van der Waals surface area (Å²) in [6.07, 6.45) is -6.42. The van der Waals surface area contributed by atoms with Crippen LogP contribution in [0.5, 0.6) is 0 Å². The number of anilines is 1. The summed E-state index contributed by atoms with van der Waals surface area (Å²) in [4.78, 5) is 10.9. The lowest BCUT2D eigenvalue weighted by Gasteiger charge is -2.14. The summed E-state index contributed by atoms with van der Waals surface area (Å²) >= 11 is 11.6. The second-order valence-electron chi connectivity index (χ2n) is 4.06. The van der Waals surface area contributed by atoms with Crippen LogP contribution in [0.4, 0.5) is 18.9 Å². The van der Waals surface area contributed by atoms with Crippen molar-refractivity contribution in [1.82, 2.24) is 0 Å². The van der Waals surface area contributed by atoms with E-state index in [-0.39, 0.29) is 26.2 Å². The van der Waals surface area contributed by atoms with Gasteiger partial charge in [0.1, 0.15) is 6.42 Å². The van der Waals surface area contributed by atoms with Gasteiger partial charge < -0.3 is 5.32 Å². The zero-order chi connectivity index (χ0) is 16.6. The Bertz CT molecular complexity index is 690. The molecule has 0 radical (unpaired) electrons. The molecule has 1 aromatic rings. The predicted octanol–water partition coefficient (Wildman–Crippen LogP) is 2.84. The van der Waals surface area contributed by atoms with E-state index in [1.807, 2.05) is 5.32 Å². The SMILES string of the molecule is Cc1c(S(N)(=O)=O)cc(Cl)c(NC(=O)CC(F)(F)F)c1Cl. The number of sulfonamides is 1. The number of rotatable bonds is 3. The maximum atomic E-state index is 12.1. The number of nitrogens with two attached hydrogens (primary N) is 1. The van der Waals surface area contributed by atoms with Gasteiger partial charge >= 0.3 is 6.18 Å². The van der Waals surface area contributed by atoms with Crippen molar-refractivity contribution >= 4 is 44.8 Å². The summed E-state index contributed by atoms with van der Waals surface area (Å²) in [5.74, 6) is -1.38. The van der Waals surface area contributed by atoms with Crippen LogP contribution in [0.25, 0.3) is 0 Å². The van der Waals surface area contributed by atoms with Gasteiger partial charge in [-0.1, -0.05) is 23.2 Å². The third-order valence-electron chi connectivity index (χ3n) is 2.35. The van der Waals surface area contributed by atoms with Crippen molar-refractivity contribution in [3.63, 3.8) is 0 Å². The minimum atomic E-state index is -4.70. The summed E-state index contributed by atoms with van der Waals surface area (Å²) in [5, 5.41) is 6.20. The molecule has 5 nitrogen and oxygen atoms in total. The number of primary sulfonamides is 1. The van der Waals surface area contributed by atoms with Crippen molar-refractivity contribution in [1.29, 1.82) is 0 Å². The smallest absolute Gasteiger partial charge is 0.323 e. The lowest BCUT2D eigenvalue weighted by atomic mass is 10.2. The standard InChI is InChI=1S/C10H9Cl2F3N2O3S/c1-4-6(21(16,19)20)2-5(11)9(8(4)12)17-7(18)3-10(13,14)15/h2H,3H2,1H3,(H,17,18)(H2,16,19,20). The third-order valence-corrected chi connectivity index (χ3v) is 4.15. The first-order valence-corrected chi connectivity index (χ1v) is 7.51. The zero-order valence-corrected chi connectivity index (χ0v) is 12.7. The minimum Gasteiger partial charge on any atom is -0.323 e. The first-order valence-electron chi connectivity index (χ1n) is 5.21. The Morgan fingerprint density at radius 1 is 1.38 bits per heavy atom. The average Bonchev–Trinajstić information content (AvgIpc) is 2.25. The Balaban J connectivity index is 3.23. The molecule has 0 saturated heterocycles. The van der Waals surface area contributed by atoms with Gasteiger partial charge in [-0.15, -0.1) is 0 Å². The maximum Gasteiger partial charge on any atom is 0.397 e. The summed E-state index contributed by atoms with van der Waals surface area (Å²) in [6, 6.07) is 0.904. The number of hydrogen-bond acceptors (Lipinski definition) is 3. The number of alkyl halides is 3. The fraction of sp³-hybridized carbons (Fsp3) is 0.300. The van der Waals surface area contributed by atoms with E-state index in [2.05, 4.69) is 0 Å². The van der Waals surface area contributed by atoms with E-state index < -0.39 is 28.5 Å². The molecule has 0 aliphatic carbocycles. The highest BCUT2D eigenvalue weighted by atomic mass is 35.5. The quantitative estimate of drug-likeness (QED) is 0.863. The number of amides is 1. The molecule has 0 saturated carbocycles. The summed E-state index contributed by atoms with van der Waals surface area (Å²) in [7, 11) is -4.11. The number of benzene rings is 1. The van der Waals surface area contributed by atoms with Gasteiger partial charge in [0.25, 0.3) is 0 Å². The predicted molar refractivity (Wildman–Crippen MR) is 71.9 cm³/mol. The highest BCUT2D eigenvalue weighted by Gasteiger charge is 2.32. The van der Waals surface area contributed by atoms with Gasteiger partial charge in [0.15, 0.2) is 0 Å². The zero-order valence-electron chi connectivity index (χ0n) is 10.4. The van der Waals surface area contributed by atoms with Crippen molar-refractivity contribution in [3.8, 4) is 0 Å². The Kier molecular flexibility index (Phi) is 5.14. The molecule has 1 amide bonds. The Hall–Kier alpha value is -1.03. The second kappa shape index (κ2) is 5.99. The van der Waals surface area contributed by atoms with Gasteiger partial charge in [0, 0.05) is 0 Å². The number of halogens is 5. The Morgan fingerprint density at radius 2 is 1.90 bits per heavy atom. The van der Waals surface area contributed by atoms with Crippen LogP contribution in [0.2, 0.25) is 10.0 Å². The summed E-state index contributed by atoms with van der Waals surface area (Å²) in [6.45, 7) is 1.28. The van der Waals surface area contributed by atoms with Crippen LogP contribution in [-0.4, -0.2) is 20.5 Å². The number of hydrogen-bond donors (Lipinski definition) is 2. The topological polar surface area (TPSA) is 89.3 Å². The summed E-state index contributed by atoms with van der Waals surface area (Å²) in [5.41, 5.74) is -0.344. The van der Waals surface area contributed by atoms with Gasteiger partial charge in [-0.2, -0.15) is 13.2 Å². The van der Waals surface area contributed by atoms with Crippen molar-refractivity contribution in [2.24, 2.45) is 5.14 Å². The van der Waals surface area contributed by atoms with E-state index in [0.717, 1.165) is 6.07 Å². The lowest BCUT2D eigenvalue weighted by Crippen LogP contribution is -2.22. The molecule has 1 aromatic carbocycles. The van der Waals surface area contributed by atoms with Gasteiger partial charge in [-0.3, -0.25) is 4.79 Å². The molecule has 0 heterocycles. The van der Waals surface area contributed by atoms with Crippen LogP contribution in [0.3, 0.4) is 0 Å². The molecule has 0 spiro atoms. The maximum absolute atomic E-state index is 12.1. The Labute approximate surface area is 128 Å². The van der Waals surface area contributed by atoms with Crippen LogP contribution in [0.1, 0.15) is 12.0 Å². The minimum absolute atomic E-state index is 0.0362. The van der Waals surface area contributed by atoms with E-state index in [1.54, 1.807) is 0 Å². The molecule has 1 rings (SSSR count).